The van der Waals surface area contributed by atoms with Gasteiger partial charge >= 0.3 is 0 Å². The number of amidine groups is 1. The molecule has 0 spiro atoms. The van der Waals surface area contributed by atoms with Gasteiger partial charge in [-0.25, -0.2) is 4.99 Å². The maximum absolute atomic E-state index is 13.4. The van der Waals surface area contributed by atoms with Crippen molar-refractivity contribution in [1.82, 2.24) is 0 Å². The van der Waals surface area contributed by atoms with Crippen molar-refractivity contribution in [3.63, 3.8) is 0 Å². The normalized spacial score (nSPS) is 14.5. The van der Waals surface area contributed by atoms with Crippen LogP contribution in [0, 0.1) is 0 Å². The van der Waals surface area contributed by atoms with Gasteiger partial charge in [-0.2, -0.15) is 0 Å². The molecule has 6 nitrogen and oxygen atoms in total. The summed E-state index contributed by atoms with van der Waals surface area (Å²) < 4.78 is 5.29. The fourth-order valence-electron chi connectivity index (χ4n) is 3.43. The minimum atomic E-state index is -0.223. The van der Waals surface area contributed by atoms with E-state index in [0.29, 0.717) is 23.0 Å². The molecule has 0 aromatic heterocycles. The summed E-state index contributed by atoms with van der Waals surface area (Å²) >= 11 is 0. The molecule has 0 saturated carbocycles. The molecule has 2 amide bonds. The molecule has 3 aromatic rings. The number of anilines is 2. The molecule has 0 N–H and O–H groups in total. The third-order valence-corrected chi connectivity index (χ3v) is 5.26. The Kier molecular flexibility index (Phi) is 5.85. The first kappa shape index (κ1) is 21.1. The summed E-state index contributed by atoms with van der Waals surface area (Å²) in [4.78, 5) is 32.9. The lowest BCUT2D eigenvalue weighted by molar-refractivity contribution is -0.116. The second-order valence-corrected chi connectivity index (χ2v) is 7.34. The van der Waals surface area contributed by atoms with Crippen LogP contribution in [-0.2, 0) is 9.59 Å². The van der Waals surface area contributed by atoms with Crippen LogP contribution in [0.1, 0.15) is 18.1 Å². The van der Waals surface area contributed by atoms with Gasteiger partial charge in [0, 0.05) is 25.2 Å². The second kappa shape index (κ2) is 8.89. The molecule has 160 valence electrons. The highest BCUT2D eigenvalue weighted by atomic mass is 16.5. The van der Waals surface area contributed by atoms with E-state index in [-0.39, 0.29) is 11.8 Å². The van der Waals surface area contributed by atoms with Crippen molar-refractivity contribution < 1.29 is 14.3 Å². The van der Waals surface area contributed by atoms with E-state index in [1.54, 1.807) is 30.0 Å². The lowest BCUT2D eigenvalue weighted by Crippen LogP contribution is -2.32. The molecule has 0 bridgehead atoms. The van der Waals surface area contributed by atoms with Gasteiger partial charge in [0.2, 0.25) is 5.91 Å². The summed E-state index contributed by atoms with van der Waals surface area (Å²) in [5.74, 6) is 0.973. The van der Waals surface area contributed by atoms with Crippen molar-refractivity contribution >= 4 is 35.1 Å². The fourth-order valence-corrected chi connectivity index (χ4v) is 3.43. The molecule has 6 heteroatoms. The van der Waals surface area contributed by atoms with Gasteiger partial charge in [0.25, 0.3) is 5.91 Å². The highest BCUT2D eigenvalue weighted by molar-refractivity contribution is 6.33. The second-order valence-electron chi connectivity index (χ2n) is 7.34. The third kappa shape index (κ3) is 4.16. The number of nitrogens with zero attached hydrogens (tertiary/aromatic N) is 3. The highest BCUT2D eigenvalue weighted by Gasteiger charge is 2.32. The Hall–Kier alpha value is -4.19. The zero-order chi connectivity index (χ0) is 22.7. The van der Waals surface area contributed by atoms with Gasteiger partial charge in [0.1, 0.15) is 17.3 Å². The van der Waals surface area contributed by atoms with Gasteiger partial charge in [-0.1, -0.05) is 42.5 Å². The van der Waals surface area contributed by atoms with Crippen molar-refractivity contribution in [3.05, 3.63) is 95.7 Å². The molecule has 3 aromatic carbocycles. The minimum absolute atomic E-state index is 0.0648. The number of benzene rings is 3. The van der Waals surface area contributed by atoms with E-state index < -0.39 is 0 Å². The van der Waals surface area contributed by atoms with Gasteiger partial charge < -0.3 is 9.64 Å². The summed E-state index contributed by atoms with van der Waals surface area (Å²) in [5, 5.41) is 0. The van der Waals surface area contributed by atoms with E-state index in [1.807, 2.05) is 78.9 Å². The number of carbonyl (C=O) groups is 2. The van der Waals surface area contributed by atoms with E-state index in [0.717, 1.165) is 16.8 Å². The minimum Gasteiger partial charge on any atom is -0.497 e. The van der Waals surface area contributed by atoms with Crippen LogP contribution in [0.2, 0.25) is 0 Å². The summed E-state index contributed by atoms with van der Waals surface area (Å²) in [5.41, 5.74) is 3.41. The number of rotatable bonds is 5. The number of aliphatic imine (C=N–C) groups is 1. The van der Waals surface area contributed by atoms with Gasteiger partial charge in [-0.15, -0.1) is 0 Å². The topological polar surface area (TPSA) is 62.2 Å². The van der Waals surface area contributed by atoms with Crippen LogP contribution in [0.5, 0.6) is 5.75 Å². The SMILES string of the molecule is COc1cccc(/C=C2/N=C(c3ccccc3)N(c3ccc(N(C)C(C)=O)cc3)C2=O)c1. The number of methoxy groups -OCH3 is 1. The van der Waals surface area contributed by atoms with E-state index in [9.17, 15) is 9.59 Å². The smallest absolute Gasteiger partial charge is 0.282 e. The Morgan fingerprint density at radius 2 is 1.72 bits per heavy atom. The predicted octanol–water partition coefficient (Wildman–Crippen LogP) is 4.51. The standard InChI is InChI=1S/C26H23N3O3/c1-18(30)28(2)21-12-14-22(15-13-21)29-25(20-9-5-4-6-10-20)27-24(26(29)31)17-19-8-7-11-23(16-19)32-3/h4-17H,1-3H3/b24-17+. The van der Waals surface area contributed by atoms with Gasteiger partial charge in [-0.3, -0.25) is 14.5 Å². The first-order valence-electron chi connectivity index (χ1n) is 10.2. The third-order valence-electron chi connectivity index (χ3n) is 5.26. The molecular weight excluding hydrogens is 402 g/mol. The average molecular weight is 425 g/mol. The summed E-state index contributed by atoms with van der Waals surface area (Å²) in [6.07, 6.45) is 1.76. The Balaban J connectivity index is 1.76. The zero-order valence-corrected chi connectivity index (χ0v) is 18.1. The Bertz CT molecular complexity index is 1210. The Morgan fingerprint density at radius 3 is 2.38 bits per heavy atom. The van der Waals surface area contributed by atoms with E-state index in [4.69, 9.17) is 4.74 Å². The highest BCUT2D eigenvalue weighted by Crippen LogP contribution is 2.29. The number of hydrogen-bond donors (Lipinski definition) is 0. The molecule has 0 atom stereocenters. The summed E-state index contributed by atoms with van der Waals surface area (Å²) in [7, 11) is 3.32. The molecule has 4 rings (SSSR count). The quantitative estimate of drug-likeness (QED) is 0.565. The van der Waals surface area contributed by atoms with Gasteiger partial charge in [0.15, 0.2) is 0 Å². The summed E-state index contributed by atoms with van der Waals surface area (Å²) in [6.45, 7) is 1.51. The van der Waals surface area contributed by atoms with E-state index >= 15 is 0 Å². The molecular formula is C26H23N3O3. The molecule has 1 aliphatic rings. The molecule has 0 aliphatic carbocycles. The van der Waals surface area contributed by atoms with Crippen LogP contribution < -0.4 is 14.5 Å². The molecule has 0 radical (unpaired) electrons. The predicted molar refractivity (Wildman–Crippen MR) is 127 cm³/mol. The van der Waals surface area contributed by atoms with Crippen molar-refractivity contribution in [2.45, 2.75) is 6.92 Å². The molecule has 1 aliphatic heterocycles. The Labute approximate surface area is 187 Å². The van der Waals surface area contributed by atoms with E-state index in [2.05, 4.69) is 4.99 Å². The van der Waals surface area contributed by atoms with Crippen LogP contribution in [0.3, 0.4) is 0 Å². The van der Waals surface area contributed by atoms with Crippen LogP contribution >= 0.6 is 0 Å². The maximum atomic E-state index is 13.4. The average Bonchev–Trinajstić information content (AvgIpc) is 3.15. The summed E-state index contributed by atoms with van der Waals surface area (Å²) in [6, 6.07) is 24.3. The van der Waals surface area contributed by atoms with Crippen LogP contribution in [0.15, 0.2) is 89.6 Å². The van der Waals surface area contributed by atoms with Crippen molar-refractivity contribution in [3.8, 4) is 5.75 Å². The first-order chi connectivity index (χ1) is 15.5. The number of hydrogen-bond acceptors (Lipinski definition) is 4. The lowest BCUT2D eigenvalue weighted by atomic mass is 10.1. The first-order valence-corrected chi connectivity index (χ1v) is 10.2. The van der Waals surface area contributed by atoms with Crippen LogP contribution in [0.25, 0.3) is 6.08 Å². The fraction of sp³-hybridized carbons (Fsp3) is 0.115. The number of amides is 2. The molecule has 32 heavy (non-hydrogen) atoms. The molecule has 0 saturated heterocycles. The zero-order valence-electron chi connectivity index (χ0n) is 18.1. The molecule has 1 heterocycles. The maximum Gasteiger partial charge on any atom is 0.282 e. The number of ether oxygens (including phenoxy) is 1. The monoisotopic (exact) mass is 425 g/mol. The van der Waals surface area contributed by atoms with Crippen molar-refractivity contribution in [2.24, 2.45) is 4.99 Å². The van der Waals surface area contributed by atoms with Gasteiger partial charge in [-0.05, 0) is 48.0 Å². The largest absolute Gasteiger partial charge is 0.497 e. The van der Waals surface area contributed by atoms with Crippen LogP contribution in [0.4, 0.5) is 11.4 Å². The lowest BCUT2D eigenvalue weighted by Gasteiger charge is -2.20. The number of carbonyl (C=O) groups excluding carboxylic acids is 2. The molecule has 0 unspecified atom stereocenters. The van der Waals surface area contributed by atoms with Gasteiger partial charge in [0.05, 0.1) is 12.8 Å². The van der Waals surface area contributed by atoms with Crippen molar-refractivity contribution in [2.75, 3.05) is 24.0 Å². The van der Waals surface area contributed by atoms with Crippen molar-refractivity contribution in [1.29, 1.82) is 0 Å². The van der Waals surface area contributed by atoms with E-state index in [1.165, 1.54) is 6.92 Å². The van der Waals surface area contributed by atoms with Crippen LogP contribution in [-0.4, -0.2) is 31.8 Å². The molecule has 0 fully saturated rings. The Morgan fingerprint density at radius 1 is 1.00 bits per heavy atom.